The Balaban J connectivity index is 1.78. The average molecular weight is 483 g/mol. The Bertz CT molecular complexity index is 1290. The summed E-state index contributed by atoms with van der Waals surface area (Å²) >= 11 is 0. The summed E-state index contributed by atoms with van der Waals surface area (Å²) < 4.78 is 10.5. The summed E-state index contributed by atoms with van der Waals surface area (Å²) in [6.07, 6.45) is 0. The van der Waals surface area contributed by atoms with E-state index in [4.69, 9.17) is 9.47 Å². The molecule has 36 heavy (non-hydrogen) atoms. The van der Waals surface area contributed by atoms with Crippen LogP contribution < -0.4 is 5.32 Å². The van der Waals surface area contributed by atoms with Crippen LogP contribution in [0.1, 0.15) is 35.7 Å². The molecule has 2 aliphatic heterocycles. The van der Waals surface area contributed by atoms with E-state index in [-0.39, 0.29) is 29.6 Å². The van der Waals surface area contributed by atoms with Gasteiger partial charge in [0.2, 0.25) is 0 Å². The summed E-state index contributed by atoms with van der Waals surface area (Å²) in [5, 5.41) is 3.75. The third-order valence-electron chi connectivity index (χ3n) is 7.39. The van der Waals surface area contributed by atoms with Gasteiger partial charge in [-0.2, -0.15) is 0 Å². The Hall–Kier alpha value is -4.06. The van der Waals surface area contributed by atoms with Crippen molar-refractivity contribution in [3.05, 3.63) is 113 Å². The molecule has 0 saturated heterocycles. The number of nitrogens with zero attached hydrogens (tertiary/aromatic N) is 1. The average Bonchev–Trinajstić information content (AvgIpc) is 2.93. The van der Waals surface area contributed by atoms with Crippen LogP contribution in [0, 0.1) is 11.8 Å². The molecule has 0 radical (unpaired) electrons. The van der Waals surface area contributed by atoms with Gasteiger partial charge < -0.3 is 19.7 Å². The molecule has 0 aliphatic carbocycles. The van der Waals surface area contributed by atoms with Gasteiger partial charge in [0.05, 0.1) is 31.9 Å². The molecule has 6 nitrogen and oxygen atoms in total. The Morgan fingerprint density at radius 2 is 1.44 bits per heavy atom. The van der Waals surface area contributed by atoms with Gasteiger partial charge in [-0.3, -0.25) is 0 Å². The van der Waals surface area contributed by atoms with Gasteiger partial charge in [0.25, 0.3) is 0 Å². The van der Waals surface area contributed by atoms with E-state index < -0.39 is 11.9 Å². The largest absolute Gasteiger partial charge is 0.466 e. The maximum atomic E-state index is 13.3. The fourth-order valence-electron chi connectivity index (χ4n) is 5.82. The number of fused-ring (bicyclic) bond motifs is 3. The van der Waals surface area contributed by atoms with Crippen molar-refractivity contribution < 1.29 is 19.1 Å². The molecule has 3 aromatic carbocycles. The summed E-state index contributed by atoms with van der Waals surface area (Å²) in [6, 6.07) is 28.2. The topological polar surface area (TPSA) is 67.9 Å². The SMILES string of the molecule is COC(=O)C1=C(C(=O)OC)N(Cc2ccccc2)[C@H]2c3ccccc3N[C@H](c3ccccc3)[C@H]2[C@@H]1C. The van der Waals surface area contributed by atoms with Crippen LogP contribution in [0.4, 0.5) is 5.69 Å². The van der Waals surface area contributed by atoms with Crippen LogP contribution in [0.2, 0.25) is 0 Å². The predicted octanol–water partition coefficient (Wildman–Crippen LogP) is 5.26. The molecule has 2 aliphatic rings. The minimum absolute atomic E-state index is 0.0616. The molecular formula is C30H30N2O4. The molecule has 0 fully saturated rings. The van der Waals surface area contributed by atoms with Gasteiger partial charge in [-0.15, -0.1) is 0 Å². The summed E-state index contributed by atoms with van der Waals surface area (Å²) in [6.45, 7) is 2.45. The van der Waals surface area contributed by atoms with Gasteiger partial charge in [-0.25, -0.2) is 9.59 Å². The number of hydrogen-bond donors (Lipinski definition) is 1. The number of hydrogen-bond acceptors (Lipinski definition) is 6. The van der Waals surface area contributed by atoms with Crippen LogP contribution in [-0.4, -0.2) is 31.1 Å². The van der Waals surface area contributed by atoms with Crippen molar-refractivity contribution in [3.63, 3.8) is 0 Å². The van der Waals surface area contributed by atoms with E-state index in [9.17, 15) is 9.59 Å². The van der Waals surface area contributed by atoms with Crippen LogP contribution in [0.15, 0.2) is 96.2 Å². The van der Waals surface area contributed by atoms with E-state index >= 15 is 0 Å². The third kappa shape index (κ3) is 4.02. The van der Waals surface area contributed by atoms with Gasteiger partial charge in [0, 0.05) is 18.2 Å². The van der Waals surface area contributed by atoms with Crippen LogP contribution in [0.3, 0.4) is 0 Å². The zero-order valence-corrected chi connectivity index (χ0v) is 20.7. The summed E-state index contributed by atoms with van der Waals surface area (Å²) in [7, 11) is 2.71. The van der Waals surface area contributed by atoms with Crippen molar-refractivity contribution in [3.8, 4) is 0 Å². The lowest BCUT2D eigenvalue weighted by Crippen LogP contribution is -2.50. The molecule has 0 amide bonds. The normalized spacial score (nSPS) is 22.7. The smallest absolute Gasteiger partial charge is 0.354 e. The number of ether oxygens (including phenoxy) is 2. The fourth-order valence-corrected chi connectivity index (χ4v) is 5.82. The maximum absolute atomic E-state index is 13.3. The second kappa shape index (κ2) is 9.90. The zero-order chi connectivity index (χ0) is 25.2. The van der Waals surface area contributed by atoms with Crippen molar-refractivity contribution in [1.82, 2.24) is 4.90 Å². The highest BCUT2D eigenvalue weighted by Gasteiger charge is 2.51. The van der Waals surface area contributed by atoms with Gasteiger partial charge >= 0.3 is 11.9 Å². The molecular weight excluding hydrogens is 452 g/mol. The highest BCUT2D eigenvalue weighted by Crippen LogP contribution is 2.55. The van der Waals surface area contributed by atoms with Crippen molar-refractivity contribution in [2.75, 3.05) is 19.5 Å². The fraction of sp³-hybridized carbons (Fsp3) is 0.267. The van der Waals surface area contributed by atoms with E-state index in [0.717, 1.165) is 22.4 Å². The second-order valence-corrected chi connectivity index (χ2v) is 9.29. The first-order chi connectivity index (χ1) is 17.5. The van der Waals surface area contributed by atoms with Crippen molar-refractivity contribution in [2.24, 2.45) is 11.8 Å². The number of carbonyl (C=O) groups is 2. The number of esters is 2. The van der Waals surface area contributed by atoms with Gasteiger partial charge in [0.15, 0.2) is 0 Å². The molecule has 1 N–H and O–H groups in total. The van der Waals surface area contributed by atoms with Crippen LogP contribution in [0.5, 0.6) is 0 Å². The quantitative estimate of drug-likeness (QED) is 0.500. The first kappa shape index (κ1) is 23.7. The molecule has 0 saturated carbocycles. The molecule has 5 rings (SSSR count). The number of nitrogens with one attached hydrogen (secondary N) is 1. The molecule has 6 heteroatoms. The lowest BCUT2D eigenvalue weighted by Gasteiger charge is -2.52. The Morgan fingerprint density at radius 3 is 2.11 bits per heavy atom. The Labute approximate surface area is 211 Å². The van der Waals surface area contributed by atoms with Crippen LogP contribution in [-0.2, 0) is 25.6 Å². The minimum Gasteiger partial charge on any atom is -0.466 e. The summed E-state index contributed by atoms with van der Waals surface area (Å²) in [5.74, 6) is -1.39. The number of methoxy groups -OCH3 is 2. The second-order valence-electron chi connectivity index (χ2n) is 9.29. The molecule has 4 atom stereocenters. The van der Waals surface area contributed by atoms with Gasteiger partial charge in [-0.1, -0.05) is 85.8 Å². The predicted molar refractivity (Wildman–Crippen MR) is 138 cm³/mol. The van der Waals surface area contributed by atoms with E-state index in [1.54, 1.807) is 0 Å². The monoisotopic (exact) mass is 482 g/mol. The molecule has 0 spiro atoms. The van der Waals surface area contributed by atoms with Gasteiger partial charge in [-0.05, 0) is 28.7 Å². The first-order valence-corrected chi connectivity index (χ1v) is 12.2. The standard InChI is InChI=1S/C30H30N2O4/c1-19-24-26(21-14-8-5-9-15-21)31-23-17-11-10-16-22(23)27(24)32(18-20-12-6-4-7-13-20)28(30(34)36-3)25(19)29(33)35-2/h4-17,19,24,26-27,31H,18H2,1-3H3/t19-,24+,26+,27-/m0/s1. The highest BCUT2D eigenvalue weighted by molar-refractivity contribution is 6.01. The summed E-state index contributed by atoms with van der Waals surface area (Å²) in [4.78, 5) is 28.6. The zero-order valence-electron chi connectivity index (χ0n) is 20.7. The first-order valence-electron chi connectivity index (χ1n) is 12.2. The Morgan fingerprint density at radius 1 is 0.833 bits per heavy atom. The van der Waals surface area contributed by atoms with E-state index in [2.05, 4.69) is 29.6 Å². The van der Waals surface area contributed by atoms with Crippen LogP contribution >= 0.6 is 0 Å². The lowest BCUT2D eigenvalue weighted by atomic mass is 9.67. The maximum Gasteiger partial charge on any atom is 0.354 e. The number of rotatable bonds is 5. The number of carbonyl (C=O) groups excluding carboxylic acids is 2. The molecule has 0 unspecified atom stereocenters. The van der Waals surface area contributed by atoms with Crippen molar-refractivity contribution in [2.45, 2.75) is 25.6 Å². The number of para-hydroxylation sites is 1. The van der Waals surface area contributed by atoms with Crippen molar-refractivity contribution in [1.29, 1.82) is 0 Å². The van der Waals surface area contributed by atoms with Crippen LogP contribution in [0.25, 0.3) is 0 Å². The third-order valence-corrected chi connectivity index (χ3v) is 7.39. The van der Waals surface area contributed by atoms with Crippen molar-refractivity contribution >= 4 is 17.6 Å². The molecule has 184 valence electrons. The molecule has 0 aromatic heterocycles. The van der Waals surface area contributed by atoms with Gasteiger partial charge in [0.1, 0.15) is 5.70 Å². The molecule has 0 bridgehead atoms. The molecule has 3 aromatic rings. The highest BCUT2D eigenvalue weighted by atomic mass is 16.5. The van der Waals surface area contributed by atoms with E-state index in [1.807, 2.05) is 72.5 Å². The van der Waals surface area contributed by atoms with E-state index in [0.29, 0.717) is 12.1 Å². The number of benzene rings is 3. The lowest BCUT2D eigenvalue weighted by molar-refractivity contribution is -0.143. The Kier molecular flexibility index (Phi) is 6.51. The van der Waals surface area contributed by atoms with E-state index in [1.165, 1.54) is 14.2 Å². The number of anilines is 1. The summed E-state index contributed by atoms with van der Waals surface area (Å²) in [5.41, 5.74) is 4.88. The molecule has 2 heterocycles. The minimum atomic E-state index is -0.538.